The van der Waals surface area contributed by atoms with E-state index in [1.54, 1.807) is 13.8 Å². The number of carboxylic acids is 3. The second-order valence-electron chi connectivity index (χ2n) is 3.64. The van der Waals surface area contributed by atoms with Crippen LogP contribution in [0.25, 0.3) is 0 Å². The summed E-state index contributed by atoms with van der Waals surface area (Å²) in [6.45, 7) is 4.07. The van der Waals surface area contributed by atoms with E-state index in [1.165, 1.54) is 0 Å². The Balaban J connectivity index is 0. The molecule has 0 aliphatic heterocycles. The van der Waals surface area contributed by atoms with E-state index in [0.29, 0.717) is 13.0 Å². The van der Waals surface area contributed by atoms with Crippen LogP contribution in [0.1, 0.15) is 33.1 Å². The second-order valence-corrected chi connectivity index (χ2v) is 3.64. The van der Waals surface area contributed by atoms with E-state index in [9.17, 15) is 19.2 Å². The zero-order chi connectivity index (χ0) is 16.3. The molecule has 0 saturated heterocycles. The third-order valence-corrected chi connectivity index (χ3v) is 1.88. The minimum Gasteiger partial charge on any atom is -0.481 e. The number of carbonyl (C=O) groups is 4. The molecular weight excluding hydrogens is 276 g/mol. The molecule has 0 aliphatic carbocycles. The first-order chi connectivity index (χ1) is 9.08. The monoisotopic (exact) mass is 294 g/mol. The highest BCUT2D eigenvalue weighted by molar-refractivity contribution is 5.88. The zero-order valence-corrected chi connectivity index (χ0v) is 11.2. The molecule has 0 aromatic carbocycles. The molecule has 0 radical (unpaired) electrons. The summed E-state index contributed by atoms with van der Waals surface area (Å²) in [4.78, 5) is 40.7. The minimum atomic E-state index is -2.74. The van der Waals surface area contributed by atoms with Crippen molar-refractivity contribution in [1.82, 2.24) is 0 Å². The molecule has 9 heteroatoms. The van der Waals surface area contributed by atoms with Gasteiger partial charge >= 0.3 is 23.9 Å². The lowest BCUT2D eigenvalue weighted by molar-refractivity contribution is -0.170. The second kappa shape index (κ2) is 9.73. The molecule has 0 rings (SSSR count). The van der Waals surface area contributed by atoms with Gasteiger partial charge in [-0.3, -0.25) is 14.4 Å². The first kappa shape index (κ1) is 20.2. The number of hydrogen-bond donors (Lipinski definition) is 4. The van der Waals surface area contributed by atoms with E-state index in [4.69, 9.17) is 20.4 Å². The standard InChI is InChI=1S/C6H8O7.C5H10O2/c7-3(8)1-6(13,5(11)12)2-4(9)10;1-3-5(6)7-4-2/h13H,1-2H2,(H,7,8)(H,9,10)(H,11,12);3-4H2,1-2H3. The Bertz CT molecular complexity index is 345. The number of carboxylic acid groups (broad SMARTS) is 3. The van der Waals surface area contributed by atoms with E-state index >= 15 is 0 Å². The van der Waals surface area contributed by atoms with Gasteiger partial charge in [-0.25, -0.2) is 4.79 Å². The number of esters is 1. The van der Waals surface area contributed by atoms with Crippen molar-refractivity contribution in [3.05, 3.63) is 0 Å². The van der Waals surface area contributed by atoms with Gasteiger partial charge in [-0.2, -0.15) is 0 Å². The Morgan fingerprint density at radius 2 is 1.35 bits per heavy atom. The molecule has 0 bridgehead atoms. The van der Waals surface area contributed by atoms with Crippen LogP contribution in [0.4, 0.5) is 0 Å². The predicted molar refractivity (Wildman–Crippen MR) is 64.0 cm³/mol. The summed E-state index contributed by atoms with van der Waals surface area (Å²) in [5.74, 6) is -5.14. The molecule has 0 fully saturated rings. The quantitative estimate of drug-likeness (QED) is 0.463. The van der Waals surface area contributed by atoms with Crippen LogP contribution >= 0.6 is 0 Å². The Labute approximate surface area is 114 Å². The van der Waals surface area contributed by atoms with Gasteiger partial charge < -0.3 is 25.2 Å². The molecular formula is C11H18O9. The number of aliphatic carboxylic acids is 3. The fourth-order valence-electron chi connectivity index (χ4n) is 0.977. The van der Waals surface area contributed by atoms with Gasteiger partial charge in [0.2, 0.25) is 0 Å². The number of rotatable bonds is 7. The molecule has 0 heterocycles. The number of carbonyl (C=O) groups excluding carboxylic acids is 1. The van der Waals surface area contributed by atoms with Crippen LogP contribution in [-0.4, -0.2) is 56.5 Å². The van der Waals surface area contributed by atoms with Crippen molar-refractivity contribution in [2.45, 2.75) is 38.7 Å². The molecule has 0 saturated carbocycles. The molecule has 0 spiro atoms. The Morgan fingerprint density at radius 3 is 1.50 bits per heavy atom. The normalized spacial score (nSPS) is 9.95. The lowest BCUT2D eigenvalue weighted by Gasteiger charge is -2.18. The van der Waals surface area contributed by atoms with Gasteiger partial charge in [0, 0.05) is 6.42 Å². The average molecular weight is 294 g/mol. The van der Waals surface area contributed by atoms with Crippen molar-refractivity contribution in [3.63, 3.8) is 0 Å². The van der Waals surface area contributed by atoms with Crippen molar-refractivity contribution < 1.29 is 44.3 Å². The lowest BCUT2D eigenvalue weighted by atomic mass is 9.96. The molecule has 0 unspecified atom stereocenters. The fourth-order valence-corrected chi connectivity index (χ4v) is 0.977. The molecule has 0 aliphatic rings. The highest BCUT2D eigenvalue weighted by Gasteiger charge is 2.40. The van der Waals surface area contributed by atoms with Crippen molar-refractivity contribution in [2.24, 2.45) is 0 Å². The summed E-state index contributed by atoms with van der Waals surface area (Å²) >= 11 is 0. The smallest absolute Gasteiger partial charge is 0.336 e. The average Bonchev–Trinajstić information content (AvgIpc) is 2.27. The van der Waals surface area contributed by atoms with Gasteiger partial charge in [0.05, 0.1) is 19.4 Å². The maximum absolute atomic E-state index is 10.3. The van der Waals surface area contributed by atoms with Gasteiger partial charge in [-0.05, 0) is 6.92 Å². The van der Waals surface area contributed by atoms with E-state index in [0.717, 1.165) is 0 Å². The van der Waals surface area contributed by atoms with E-state index in [2.05, 4.69) is 4.74 Å². The van der Waals surface area contributed by atoms with Crippen LogP contribution < -0.4 is 0 Å². The molecule has 4 N–H and O–H groups in total. The Morgan fingerprint density at radius 1 is 0.950 bits per heavy atom. The zero-order valence-electron chi connectivity index (χ0n) is 11.2. The highest BCUT2D eigenvalue weighted by Crippen LogP contribution is 2.15. The summed E-state index contributed by atoms with van der Waals surface area (Å²) < 4.78 is 4.55. The molecule has 0 aromatic rings. The SMILES string of the molecule is CCOC(=O)CC.O=C(O)CC(O)(CC(=O)O)C(=O)O. The fraction of sp³-hybridized carbons (Fsp3) is 0.636. The first-order valence-corrected chi connectivity index (χ1v) is 5.64. The molecule has 20 heavy (non-hydrogen) atoms. The Kier molecular flexibility index (Phi) is 9.81. The van der Waals surface area contributed by atoms with E-state index in [-0.39, 0.29) is 5.97 Å². The van der Waals surface area contributed by atoms with E-state index < -0.39 is 36.4 Å². The largest absolute Gasteiger partial charge is 0.481 e. The van der Waals surface area contributed by atoms with Crippen LogP contribution in [0.5, 0.6) is 0 Å². The third-order valence-electron chi connectivity index (χ3n) is 1.88. The van der Waals surface area contributed by atoms with Crippen LogP contribution in [0, 0.1) is 0 Å². The van der Waals surface area contributed by atoms with Crippen molar-refractivity contribution in [1.29, 1.82) is 0 Å². The minimum absolute atomic E-state index is 0.123. The van der Waals surface area contributed by atoms with Crippen LogP contribution in [0.3, 0.4) is 0 Å². The first-order valence-electron chi connectivity index (χ1n) is 5.64. The molecule has 116 valence electrons. The van der Waals surface area contributed by atoms with Gasteiger partial charge in [-0.1, -0.05) is 6.92 Å². The predicted octanol–water partition coefficient (Wildman–Crippen LogP) is -0.289. The van der Waals surface area contributed by atoms with Crippen LogP contribution in [0.15, 0.2) is 0 Å². The Hall–Kier alpha value is -2.16. The topological polar surface area (TPSA) is 158 Å². The lowest BCUT2D eigenvalue weighted by Crippen LogP contribution is -2.42. The van der Waals surface area contributed by atoms with Crippen molar-refractivity contribution in [2.75, 3.05) is 6.61 Å². The van der Waals surface area contributed by atoms with Crippen molar-refractivity contribution >= 4 is 23.9 Å². The number of aliphatic hydroxyl groups is 1. The summed E-state index contributed by atoms with van der Waals surface area (Å²) in [6, 6.07) is 0. The maximum Gasteiger partial charge on any atom is 0.336 e. The van der Waals surface area contributed by atoms with Gasteiger partial charge in [0.1, 0.15) is 0 Å². The van der Waals surface area contributed by atoms with Crippen molar-refractivity contribution in [3.8, 4) is 0 Å². The highest BCUT2D eigenvalue weighted by atomic mass is 16.5. The van der Waals surface area contributed by atoms with Gasteiger partial charge in [0.25, 0.3) is 0 Å². The maximum atomic E-state index is 10.3. The summed E-state index contributed by atoms with van der Waals surface area (Å²) in [6.07, 6.45) is -1.81. The van der Waals surface area contributed by atoms with E-state index in [1.807, 2.05) is 0 Å². The summed E-state index contributed by atoms with van der Waals surface area (Å²) in [5.41, 5.74) is -2.74. The van der Waals surface area contributed by atoms with Gasteiger partial charge in [0.15, 0.2) is 5.60 Å². The molecule has 0 aromatic heterocycles. The summed E-state index contributed by atoms with van der Waals surface area (Å²) in [5, 5.41) is 33.8. The summed E-state index contributed by atoms with van der Waals surface area (Å²) in [7, 11) is 0. The van der Waals surface area contributed by atoms with Gasteiger partial charge in [-0.15, -0.1) is 0 Å². The molecule has 0 amide bonds. The van der Waals surface area contributed by atoms with Crippen LogP contribution in [0.2, 0.25) is 0 Å². The molecule has 0 atom stereocenters. The number of ether oxygens (including phenoxy) is 1. The molecule has 9 nitrogen and oxygen atoms in total. The van der Waals surface area contributed by atoms with Crippen LogP contribution in [-0.2, 0) is 23.9 Å². The third kappa shape index (κ3) is 9.83. The number of hydrogen-bond acceptors (Lipinski definition) is 6.